The van der Waals surface area contributed by atoms with Gasteiger partial charge in [-0.2, -0.15) is 11.8 Å². The van der Waals surface area contributed by atoms with Crippen molar-refractivity contribution in [3.8, 4) is 0 Å². The van der Waals surface area contributed by atoms with Gasteiger partial charge >= 0.3 is 0 Å². The second-order valence-electron chi connectivity index (χ2n) is 2.87. The standard InChI is InChI=1S/C8H14O2S/c1-10-8(2-5-9)3-6-11-7-4-8/h5H,2-4,6-7H2,1H3. The zero-order valence-electron chi connectivity index (χ0n) is 6.84. The number of carbonyl (C=O) groups is 1. The molecule has 0 amide bonds. The number of ether oxygens (including phenoxy) is 1. The van der Waals surface area contributed by atoms with Gasteiger partial charge in [-0.1, -0.05) is 0 Å². The van der Waals surface area contributed by atoms with Gasteiger partial charge in [-0.25, -0.2) is 0 Å². The van der Waals surface area contributed by atoms with Gasteiger partial charge in [0.2, 0.25) is 0 Å². The third-order valence-electron chi connectivity index (χ3n) is 2.29. The molecule has 1 aliphatic heterocycles. The summed E-state index contributed by atoms with van der Waals surface area (Å²) in [5.41, 5.74) is -0.118. The minimum atomic E-state index is -0.118. The molecule has 0 spiro atoms. The van der Waals surface area contributed by atoms with Crippen molar-refractivity contribution in [3.05, 3.63) is 0 Å². The molecule has 1 saturated heterocycles. The number of methoxy groups -OCH3 is 1. The van der Waals surface area contributed by atoms with E-state index in [9.17, 15) is 4.79 Å². The molecule has 3 heteroatoms. The lowest BCUT2D eigenvalue weighted by molar-refractivity contribution is -0.114. The van der Waals surface area contributed by atoms with Gasteiger partial charge in [0.25, 0.3) is 0 Å². The van der Waals surface area contributed by atoms with E-state index in [0.29, 0.717) is 6.42 Å². The van der Waals surface area contributed by atoms with E-state index in [1.807, 2.05) is 11.8 Å². The molecule has 2 nitrogen and oxygen atoms in total. The number of aldehydes is 1. The van der Waals surface area contributed by atoms with E-state index >= 15 is 0 Å². The van der Waals surface area contributed by atoms with Crippen molar-refractivity contribution in [1.29, 1.82) is 0 Å². The number of hydrogen-bond acceptors (Lipinski definition) is 3. The monoisotopic (exact) mass is 174 g/mol. The zero-order chi connectivity index (χ0) is 8.16. The molecule has 0 atom stereocenters. The lowest BCUT2D eigenvalue weighted by Crippen LogP contribution is -2.36. The first-order valence-electron chi connectivity index (χ1n) is 3.89. The van der Waals surface area contributed by atoms with E-state index in [1.54, 1.807) is 7.11 Å². The first kappa shape index (κ1) is 9.07. The SMILES string of the molecule is COC1(CC=O)CCSCC1. The van der Waals surface area contributed by atoms with Gasteiger partial charge < -0.3 is 9.53 Å². The molecule has 0 aromatic heterocycles. The molecule has 1 fully saturated rings. The van der Waals surface area contributed by atoms with Crippen LogP contribution in [0.1, 0.15) is 19.3 Å². The van der Waals surface area contributed by atoms with E-state index in [2.05, 4.69) is 0 Å². The molecule has 11 heavy (non-hydrogen) atoms. The Morgan fingerprint density at radius 2 is 2.18 bits per heavy atom. The maximum absolute atomic E-state index is 10.4. The first-order valence-corrected chi connectivity index (χ1v) is 5.05. The van der Waals surface area contributed by atoms with Crippen molar-refractivity contribution in [2.45, 2.75) is 24.9 Å². The zero-order valence-corrected chi connectivity index (χ0v) is 7.65. The van der Waals surface area contributed by atoms with Gasteiger partial charge in [-0.15, -0.1) is 0 Å². The minimum Gasteiger partial charge on any atom is -0.378 e. The van der Waals surface area contributed by atoms with Crippen molar-refractivity contribution in [3.63, 3.8) is 0 Å². The molecule has 1 heterocycles. The summed E-state index contributed by atoms with van der Waals surface area (Å²) in [4.78, 5) is 10.4. The van der Waals surface area contributed by atoms with Crippen LogP contribution >= 0.6 is 11.8 Å². The van der Waals surface area contributed by atoms with Crippen molar-refractivity contribution in [2.24, 2.45) is 0 Å². The molecule has 1 aliphatic rings. The van der Waals surface area contributed by atoms with Gasteiger partial charge in [-0.05, 0) is 24.3 Å². The van der Waals surface area contributed by atoms with E-state index in [1.165, 1.54) is 0 Å². The molecular weight excluding hydrogens is 160 g/mol. The predicted molar refractivity (Wildman–Crippen MR) is 47.0 cm³/mol. The summed E-state index contributed by atoms with van der Waals surface area (Å²) in [5.74, 6) is 2.25. The maximum atomic E-state index is 10.4. The number of hydrogen-bond donors (Lipinski definition) is 0. The molecule has 0 aliphatic carbocycles. The highest BCUT2D eigenvalue weighted by Crippen LogP contribution is 2.31. The summed E-state index contributed by atoms with van der Waals surface area (Å²) < 4.78 is 5.37. The van der Waals surface area contributed by atoms with Gasteiger partial charge in [0, 0.05) is 13.5 Å². The molecule has 0 bridgehead atoms. The Morgan fingerprint density at radius 3 is 2.64 bits per heavy atom. The highest BCUT2D eigenvalue weighted by Gasteiger charge is 2.31. The molecule has 0 radical (unpaired) electrons. The van der Waals surface area contributed by atoms with Crippen LogP contribution in [0.25, 0.3) is 0 Å². The van der Waals surface area contributed by atoms with Crippen molar-refractivity contribution >= 4 is 18.0 Å². The Hall–Kier alpha value is -0.0200. The fraction of sp³-hybridized carbons (Fsp3) is 0.875. The normalized spacial score (nSPS) is 23.0. The highest BCUT2D eigenvalue weighted by atomic mass is 32.2. The third-order valence-corrected chi connectivity index (χ3v) is 3.28. The fourth-order valence-electron chi connectivity index (χ4n) is 1.39. The van der Waals surface area contributed by atoms with Crippen LogP contribution in [0.15, 0.2) is 0 Å². The Balaban J connectivity index is 2.49. The summed E-state index contributed by atoms with van der Waals surface area (Å²) >= 11 is 1.94. The molecule has 0 saturated carbocycles. The van der Waals surface area contributed by atoms with Crippen molar-refractivity contribution in [2.75, 3.05) is 18.6 Å². The first-order chi connectivity index (χ1) is 5.33. The van der Waals surface area contributed by atoms with Crippen LogP contribution in [0.3, 0.4) is 0 Å². The smallest absolute Gasteiger partial charge is 0.122 e. The second kappa shape index (κ2) is 4.12. The summed E-state index contributed by atoms with van der Waals surface area (Å²) in [6.07, 6.45) is 3.57. The van der Waals surface area contributed by atoms with E-state index in [4.69, 9.17) is 4.74 Å². The minimum absolute atomic E-state index is 0.118. The number of rotatable bonds is 3. The van der Waals surface area contributed by atoms with Gasteiger partial charge in [0.15, 0.2) is 0 Å². The van der Waals surface area contributed by atoms with Crippen LogP contribution in [0.5, 0.6) is 0 Å². The molecule has 0 aromatic rings. The van der Waals surface area contributed by atoms with Crippen LogP contribution in [0.4, 0.5) is 0 Å². The Kier molecular flexibility index (Phi) is 3.40. The second-order valence-corrected chi connectivity index (χ2v) is 4.10. The van der Waals surface area contributed by atoms with Crippen LogP contribution in [0, 0.1) is 0 Å². The Bertz CT molecular complexity index is 130. The average Bonchev–Trinajstić information content (AvgIpc) is 2.07. The summed E-state index contributed by atoms with van der Waals surface area (Å²) in [7, 11) is 1.71. The van der Waals surface area contributed by atoms with Crippen LogP contribution < -0.4 is 0 Å². The summed E-state index contributed by atoms with van der Waals surface area (Å²) in [6, 6.07) is 0. The molecule has 64 valence electrons. The fourth-order valence-corrected chi connectivity index (χ4v) is 2.62. The molecule has 0 aromatic carbocycles. The molecule has 0 N–H and O–H groups in total. The van der Waals surface area contributed by atoms with Crippen molar-refractivity contribution in [1.82, 2.24) is 0 Å². The summed E-state index contributed by atoms with van der Waals surface area (Å²) in [5, 5.41) is 0. The summed E-state index contributed by atoms with van der Waals surface area (Å²) in [6.45, 7) is 0. The lowest BCUT2D eigenvalue weighted by atomic mass is 9.93. The number of carbonyl (C=O) groups excluding carboxylic acids is 1. The Morgan fingerprint density at radius 1 is 1.55 bits per heavy atom. The maximum Gasteiger partial charge on any atom is 0.122 e. The topological polar surface area (TPSA) is 26.3 Å². The highest BCUT2D eigenvalue weighted by molar-refractivity contribution is 7.99. The van der Waals surface area contributed by atoms with Crippen LogP contribution in [0.2, 0.25) is 0 Å². The lowest BCUT2D eigenvalue weighted by Gasteiger charge is -2.33. The predicted octanol–water partition coefficient (Wildman–Crippen LogP) is 1.49. The average molecular weight is 174 g/mol. The Labute approximate surface area is 71.7 Å². The van der Waals surface area contributed by atoms with Crippen LogP contribution in [-0.2, 0) is 9.53 Å². The molecule has 0 unspecified atom stereocenters. The van der Waals surface area contributed by atoms with E-state index < -0.39 is 0 Å². The quantitative estimate of drug-likeness (QED) is 0.606. The van der Waals surface area contributed by atoms with E-state index in [0.717, 1.165) is 30.6 Å². The molecule has 1 rings (SSSR count). The van der Waals surface area contributed by atoms with Crippen molar-refractivity contribution < 1.29 is 9.53 Å². The largest absolute Gasteiger partial charge is 0.378 e. The third kappa shape index (κ3) is 2.20. The van der Waals surface area contributed by atoms with Gasteiger partial charge in [0.05, 0.1) is 5.60 Å². The molecular formula is C8H14O2S. The van der Waals surface area contributed by atoms with Crippen LogP contribution in [-0.4, -0.2) is 30.5 Å². The number of thioether (sulfide) groups is 1. The van der Waals surface area contributed by atoms with Gasteiger partial charge in [-0.3, -0.25) is 0 Å². The van der Waals surface area contributed by atoms with Gasteiger partial charge in [0.1, 0.15) is 6.29 Å². The van der Waals surface area contributed by atoms with E-state index in [-0.39, 0.29) is 5.60 Å².